The Balaban J connectivity index is 1.37. The third kappa shape index (κ3) is 6.99. The fraction of sp³-hybridized carbons (Fsp3) is 0.214. The first-order valence-electron chi connectivity index (χ1n) is 12.2. The maximum Gasteiger partial charge on any atom is 0.317 e. The van der Waals surface area contributed by atoms with Crippen LogP contribution in [-0.2, 0) is 23.1 Å². The average molecular weight is 533 g/mol. The number of nitrogens with two attached hydrogens (primary N) is 1. The molecule has 3 aromatic carbocycles. The number of carbonyl (C=O) groups excluding carboxylic acids is 1. The summed E-state index contributed by atoms with van der Waals surface area (Å²) in [5.41, 5.74) is 4.73. The van der Waals surface area contributed by atoms with Gasteiger partial charge in [-0.2, -0.15) is 5.10 Å². The Kier molecular flexibility index (Phi) is 8.45. The maximum absolute atomic E-state index is 12.9. The highest BCUT2D eigenvalue weighted by Crippen LogP contribution is 2.22. The first kappa shape index (κ1) is 26.9. The van der Waals surface area contributed by atoms with Crippen LogP contribution in [0.1, 0.15) is 11.1 Å². The van der Waals surface area contributed by atoms with Gasteiger partial charge >= 0.3 is 6.03 Å². The number of nitrogens with zero attached hydrogens (tertiary/aromatic N) is 4. The number of primary sulfonamides is 1. The van der Waals surface area contributed by atoms with Crippen LogP contribution in [0.5, 0.6) is 0 Å². The van der Waals surface area contributed by atoms with Crippen molar-refractivity contribution in [1.29, 1.82) is 0 Å². The van der Waals surface area contributed by atoms with Crippen LogP contribution in [-0.4, -0.2) is 56.3 Å². The normalized spacial score (nSPS) is 11.2. The predicted octanol–water partition coefficient (Wildman–Crippen LogP) is 3.52. The Morgan fingerprint density at radius 3 is 2.18 bits per heavy atom. The van der Waals surface area contributed by atoms with Crippen LogP contribution >= 0.6 is 0 Å². The number of aromatic nitrogens is 2. The molecule has 0 aliphatic rings. The minimum atomic E-state index is -3.73. The summed E-state index contributed by atoms with van der Waals surface area (Å²) in [6.07, 6.45) is 1.98. The smallest absolute Gasteiger partial charge is 0.317 e. The molecule has 0 atom stereocenters. The molecule has 0 aliphatic heterocycles. The first-order valence-corrected chi connectivity index (χ1v) is 13.7. The van der Waals surface area contributed by atoms with E-state index >= 15 is 0 Å². The molecule has 0 bridgehead atoms. The van der Waals surface area contributed by atoms with Crippen molar-refractivity contribution in [3.05, 3.63) is 102 Å². The van der Waals surface area contributed by atoms with Crippen molar-refractivity contribution in [3.8, 4) is 11.3 Å². The number of likely N-dealkylation sites (N-methyl/N-ethyl adjacent to an activating group) is 2. The standard InChI is InChI=1S/C28H32N6O3S/c1-32(25-13-15-26(16-14-25)38(29,36)37)17-18-33(2)28(35)30-19-24-21-34(20-22-9-5-3-6-10-22)31-27(24)23-11-7-4-8-12-23/h3-16,21H,17-20H2,1-2H3,(H,30,35)(H2,29,36,37). The zero-order chi connectivity index (χ0) is 27.1. The summed E-state index contributed by atoms with van der Waals surface area (Å²) in [6.45, 7) is 2.01. The van der Waals surface area contributed by atoms with Crippen LogP contribution in [0.4, 0.5) is 10.5 Å². The molecular weight excluding hydrogens is 500 g/mol. The van der Waals surface area contributed by atoms with Gasteiger partial charge in [-0.1, -0.05) is 60.7 Å². The summed E-state index contributed by atoms with van der Waals surface area (Å²) >= 11 is 0. The Labute approximate surface area is 223 Å². The van der Waals surface area contributed by atoms with Crippen molar-refractivity contribution in [1.82, 2.24) is 20.0 Å². The Bertz CT molecular complexity index is 1460. The summed E-state index contributed by atoms with van der Waals surface area (Å²) in [5, 5.41) is 13.0. The van der Waals surface area contributed by atoms with Gasteiger partial charge in [0.2, 0.25) is 10.0 Å². The minimum absolute atomic E-state index is 0.0631. The first-order chi connectivity index (χ1) is 18.2. The van der Waals surface area contributed by atoms with E-state index in [1.54, 1.807) is 24.1 Å². The second-order valence-corrected chi connectivity index (χ2v) is 10.7. The molecule has 1 heterocycles. The number of rotatable bonds is 10. The average Bonchev–Trinajstić information content (AvgIpc) is 3.33. The fourth-order valence-electron chi connectivity index (χ4n) is 4.01. The van der Waals surface area contributed by atoms with Crippen LogP contribution in [0.2, 0.25) is 0 Å². The second-order valence-electron chi connectivity index (χ2n) is 9.09. The largest absolute Gasteiger partial charge is 0.373 e. The summed E-state index contributed by atoms with van der Waals surface area (Å²) in [5.74, 6) is 0. The van der Waals surface area contributed by atoms with Gasteiger partial charge in [-0.3, -0.25) is 4.68 Å². The van der Waals surface area contributed by atoms with Crippen molar-refractivity contribution in [2.24, 2.45) is 5.14 Å². The van der Waals surface area contributed by atoms with E-state index in [2.05, 4.69) is 17.4 Å². The van der Waals surface area contributed by atoms with Crippen LogP contribution in [0.25, 0.3) is 11.3 Å². The molecule has 38 heavy (non-hydrogen) atoms. The van der Waals surface area contributed by atoms with Gasteiger partial charge in [0.15, 0.2) is 0 Å². The van der Waals surface area contributed by atoms with E-state index in [0.29, 0.717) is 26.2 Å². The highest BCUT2D eigenvalue weighted by molar-refractivity contribution is 7.89. The van der Waals surface area contributed by atoms with Crippen LogP contribution in [0.3, 0.4) is 0 Å². The van der Waals surface area contributed by atoms with E-state index in [1.807, 2.05) is 71.4 Å². The zero-order valence-electron chi connectivity index (χ0n) is 21.5. The summed E-state index contributed by atoms with van der Waals surface area (Å²) in [7, 11) is -0.112. The van der Waals surface area contributed by atoms with Crippen molar-refractivity contribution < 1.29 is 13.2 Å². The SMILES string of the molecule is CN(CCN(C)c1ccc(S(N)(=O)=O)cc1)C(=O)NCc1cn(Cc2ccccc2)nc1-c1ccccc1. The molecule has 10 heteroatoms. The molecule has 0 fully saturated rings. The lowest BCUT2D eigenvalue weighted by Gasteiger charge is -2.24. The van der Waals surface area contributed by atoms with E-state index in [0.717, 1.165) is 28.1 Å². The monoisotopic (exact) mass is 532 g/mol. The topological polar surface area (TPSA) is 114 Å². The van der Waals surface area contributed by atoms with Crippen molar-refractivity contribution in [2.75, 3.05) is 32.1 Å². The maximum atomic E-state index is 12.9. The molecule has 4 rings (SSSR count). The Morgan fingerprint density at radius 2 is 1.55 bits per heavy atom. The number of anilines is 1. The van der Waals surface area contributed by atoms with Gasteiger partial charge in [0.1, 0.15) is 0 Å². The molecule has 0 saturated carbocycles. The quantitative estimate of drug-likeness (QED) is 0.324. The number of benzene rings is 3. The molecule has 0 radical (unpaired) electrons. The van der Waals surface area contributed by atoms with E-state index < -0.39 is 10.0 Å². The second kappa shape index (κ2) is 11.9. The number of carbonyl (C=O) groups is 1. The lowest BCUT2D eigenvalue weighted by molar-refractivity contribution is 0.209. The summed E-state index contributed by atoms with van der Waals surface area (Å²) < 4.78 is 24.8. The van der Waals surface area contributed by atoms with Crippen LogP contribution in [0.15, 0.2) is 96.0 Å². The number of nitrogens with one attached hydrogen (secondary N) is 1. The number of amides is 2. The van der Waals surface area contributed by atoms with Gasteiger partial charge < -0.3 is 15.1 Å². The summed E-state index contributed by atoms with van der Waals surface area (Å²) in [4.78, 5) is 16.5. The van der Waals surface area contributed by atoms with Crippen molar-refractivity contribution in [2.45, 2.75) is 18.0 Å². The molecule has 0 spiro atoms. The summed E-state index contributed by atoms with van der Waals surface area (Å²) in [6, 6.07) is 26.2. The van der Waals surface area contributed by atoms with E-state index in [9.17, 15) is 13.2 Å². The Morgan fingerprint density at radius 1 is 0.921 bits per heavy atom. The number of urea groups is 1. The van der Waals surface area contributed by atoms with E-state index in [1.165, 1.54) is 12.1 Å². The predicted molar refractivity (Wildman–Crippen MR) is 149 cm³/mol. The molecule has 4 aromatic rings. The lowest BCUT2D eigenvalue weighted by atomic mass is 10.1. The molecule has 0 aliphatic carbocycles. The number of hydrogen-bond acceptors (Lipinski definition) is 5. The molecule has 3 N–H and O–H groups in total. The highest BCUT2D eigenvalue weighted by atomic mass is 32.2. The zero-order valence-corrected chi connectivity index (χ0v) is 22.3. The number of hydrogen-bond donors (Lipinski definition) is 2. The van der Waals surface area contributed by atoms with Crippen LogP contribution < -0.4 is 15.4 Å². The van der Waals surface area contributed by atoms with Gasteiger partial charge in [-0.15, -0.1) is 0 Å². The highest BCUT2D eigenvalue weighted by Gasteiger charge is 2.15. The molecule has 9 nitrogen and oxygen atoms in total. The number of sulfonamides is 1. The van der Waals surface area contributed by atoms with Gasteiger partial charge in [-0.25, -0.2) is 18.4 Å². The van der Waals surface area contributed by atoms with Gasteiger partial charge in [0.05, 0.1) is 17.1 Å². The molecule has 1 aromatic heterocycles. The van der Waals surface area contributed by atoms with E-state index in [4.69, 9.17) is 10.2 Å². The molecule has 198 valence electrons. The third-order valence-corrected chi connectivity index (χ3v) is 7.15. The van der Waals surface area contributed by atoms with Gasteiger partial charge in [-0.05, 0) is 29.8 Å². The lowest BCUT2D eigenvalue weighted by Crippen LogP contribution is -2.40. The van der Waals surface area contributed by atoms with Crippen molar-refractivity contribution >= 4 is 21.7 Å². The molecule has 2 amide bonds. The molecule has 0 saturated heterocycles. The van der Waals surface area contributed by atoms with E-state index in [-0.39, 0.29) is 10.9 Å². The van der Waals surface area contributed by atoms with Gasteiger partial charge in [0.25, 0.3) is 0 Å². The molecular formula is C28H32N6O3S. The minimum Gasteiger partial charge on any atom is -0.373 e. The van der Waals surface area contributed by atoms with Crippen LogP contribution in [0, 0.1) is 0 Å². The third-order valence-electron chi connectivity index (χ3n) is 6.23. The Hall–Kier alpha value is -4.15. The fourth-order valence-corrected chi connectivity index (χ4v) is 4.52. The van der Waals surface area contributed by atoms with Gasteiger partial charge in [0, 0.05) is 56.7 Å². The molecule has 0 unspecified atom stereocenters. The van der Waals surface area contributed by atoms with Crippen molar-refractivity contribution in [3.63, 3.8) is 0 Å².